The zero-order chi connectivity index (χ0) is 14.2. The quantitative estimate of drug-likeness (QED) is 0.906. The normalized spacial score (nSPS) is 11.6. The van der Waals surface area contributed by atoms with Gasteiger partial charge in [0.1, 0.15) is 5.69 Å². The SMILES string of the molecule is Cc1c(C(=O)O)cc(C(F)(F)F)n1-c1ccccc1. The van der Waals surface area contributed by atoms with Crippen molar-refractivity contribution >= 4 is 5.97 Å². The molecule has 0 radical (unpaired) electrons. The van der Waals surface area contributed by atoms with Gasteiger partial charge in [0.15, 0.2) is 0 Å². The van der Waals surface area contributed by atoms with Crippen LogP contribution in [0.5, 0.6) is 0 Å². The van der Waals surface area contributed by atoms with Crippen LogP contribution >= 0.6 is 0 Å². The van der Waals surface area contributed by atoms with Crippen molar-refractivity contribution in [1.29, 1.82) is 0 Å². The van der Waals surface area contributed by atoms with E-state index < -0.39 is 17.8 Å². The standard InChI is InChI=1S/C13H10F3NO2/c1-8-10(12(18)19)7-11(13(14,15)16)17(8)9-5-3-2-4-6-9/h2-7H,1H3,(H,18,19). The maximum atomic E-state index is 13.0. The van der Waals surface area contributed by atoms with E-state index >= 15 is 0 Å². The van der Waals surface area contributed by atoms with E-state index in [0.717, 1.165) is 4.57 Å². The van der Waals surface area contributed by atoms with Crippen LogP contribution in [0.2, 0.25) is 0 Å². The smallest absolute Gasteiger partial charge is 0.431 e. The number of aromatic nitrogens is 1. The molecule has 0 aliphatic heterocycles. The van der Waals surface area contributed by atoms with Gasteiger partial charge in [-0.25, -0.2) is 4.79 Å². The molecule has 0 aliphatic carbocycles. The molecule has 1 aromatic carbocycles. The van der Waals surface area contributed by atoms with Gasteiger partial charge in [0.2, 0.25) is 0 Å². The van der Waals surface area contributed by atoms with E-state index in [1.807, 2.05) is 0 Å². The minimum Gasteiger partial charge on any atom is -0.478 e. The molecule has 1 heterocycles. The molecule has 0 atom stereocenters. The molecule has 3 nitrogen and oxygen atoms in total. The number of carboxylic acid groups (broad SMARTS) is 1. The van der Waals surface area contributed by atoms with Gasteiger partial charge in [-0.15, -0.1) is 0 Å². The minimum atomic E-state index is -4.62. The number of hydrogen-bond acceptors (Lipinski definition) is 1. The fourth-order valence-corrected chi connectivity index (χ4v) is 1.94. The highest BCUT2D eigenvalue weighted by molar-refractivity contribution is 5.89. The predicted molar refractivity (Wildman–Crippen MR) is 62.5 cm³/mol. The highest BCUT2D eigenvalue weighted by Gasteiger charge is 2.37. The molecule has 100 valence electrons. The molecule has 1 aromatic heterocycles. The van der Waals surface area contributed by atoms with Crippen molar-refractivity contribution in [2.45, 2.75) is 13.1 Å². The number of nitrogens with zero attached hydrogens (tertiary/aromatic N) is 1. The third kappa shape index (κ3) is 2.33. The van der Waals surface area contributed by atoms with Gasteiger partial charge < -0.3 is 9.67 Å². The Morgan fingerprint density at radius 2 is 1.79 bits per heavy atom. The van der Waals surface area contributed by atoms with Crippen LogP contribution in [0.1, 0.15) is 21.7 Å². The first-order chi connectivity index (χ1) is 8.82. The Bertz CT molecular complexity index is 615. The van der Waals surface area contributed by atoms with Crippen LogP contribution in [0.4, 0.5) is 13.2 Å². The number of aromatic carboxylic acids is 1. The monoisotopic (exact) mass is 269 g/mol. The fraction of sp³-hybridized carbons (Fsp3) is 0.154. The summed E-state index contributed by atoms with van der Waals surface area (Å²) in [5, 5.41) is 8.94. The van der Waals surface area contributed by atoms with Crippen molar-refractivity contribution in [2.75, 3.05) is 0 Å². The molecule has 0 spiro atoms. The Kier molecular flexibility index (Phi) is 3.09. The van der Waals surface area contributed by atoms with Gasteiger partial charge in [-0.1, -0.05) is 18.2 Å². The van der Waals surface area contributed by atoms with Gasteiger partial charge in [-0.3, -0.25) is 0 Å². The number of carbonyl (C=O) groups is 1. The second-order valence-corrected chi connectivity index (χ2v) is 4.00. The molecule has 2 aromatic rings. The summed E-state index contributed by atoms with van der Waals surface area (Å²) in [6, 6.07) is 8.50. The van der Waals surface area contributed by atoms with E-state index in [1.54, 1.807) is 18.2 Å². The number of alkyl halides is 3. The van der Waals surface area contributed by atoms with Gasteiger partial charge in [-0.05, 0) is 25.1 Å². The van der Waals surface area contributed by atoms with Gasteiger partial charge >= 0.3 is 12.1 Å². The number of hydrogen-bond donors (Lipinski definition) is 1. The fourth-order valence-electron chi connectivity index (χ4n) is 1.94. The lowest BCUT2D eigenvalue weighted by atomic mass is 10.2. The predicted octanol–water partition coefficient (Wildman–Crippen LogP) is 3.50. The molecular weight excluding hydrogens is 259 g/mol. The molecule has 19 heavy (non-hydrogen) atoms. The lowest BCUT2D eigenvalue weighted by Crippen LogP contribution is -2.13. The summed E-state index contributed by atoms with van der Waals surface area (Å²) in [4.78, 5) is 11.0. The highest BCUT2D eigenvalue weighted by atomic mass is 19.4. The first-order valence-corrected chi connectivity index (χ1v) is 5.40. The first-order valence-electron chi connectivity index (χ1n) is 5.40. The molecule has 0 saturated carbocycles. The third-order valence-corrected chi connectivity index (χ3v) is 2.78. The van der Waals surface area contributed by atoms with Gasteiger partial charge in [0.05, 0.1) is 5.56 Å². The molecular formula is C13H10F3NO2. The summed E-state index contributed by atoms with van der Waals surface area (Å²) in [6.45, 7) is 1.35. The van der Waals surface area contributed by atoms with Crippen LogP contribution < -0.4 is 0 Å². The van der Waals surface area contributed by atoms with Crippen LogP contribution in [0, 0.1) is 6.92 Å². The van der Waals surface area contributed by atoms with Crippen molar-refractivity contribution in [2.24, 2.45) is 0 Å². The maximum absolute atomic E-state index is 13.0. The number of benzene rings is 1. The molecule has 1 N–H and O–H groups in total. The van der Waals surface area contributed by atoms with E-state index in [0.29, 0.717) is 6.07 Å². The van der Waals surface area contributed by atoms with Crippen molar-refractivity contribution in [3.63, 3.8) is 0 Å². The van der Waals surface area contributed by atoms with Crippen LogP contribution in [0.25, 0.3) is 5.69 Å². The van der Waals surface area contributed by atoms with Crippen LogP contribution in [0.15, 0.2) is 36.4 Å². The summed E-state index contributed by atoms with van der Waals surface area (Å²) < 4.78 is 39.8. The Hall–Kier alpha value is -2.24. The molecule has 0 fully saturated rings. The zero-order valence-electron chi connectivity index (χ0n) is 9.90. The van der Waals surface area contributed by atoms with Crippen LogP contribution in [-0.4, -0.2) is 15.6 Å². The third-order valence-electron chi connectivity index (χ3n) is 2.78. The highest BCUT2D eigenvalue weighted by Crippen LogP contribution is 2.34. The van der Waals surface area contributed by atoms with E-state index in [9.17, 15) is 18.0 Å². The molecule has 0 aliphatic rings. The lowest BCUT2D eigenvalue weighted by molar-refractivity contribution is -0.142. The van der Waals surface area contributed by atoms with Crippen molar-refractivity contribution < 1.29 is 23.1 Å². The van der Waals surface area contributed by atoms with Crippen LogP contribution in [0.3, 0.4) is 0 Å². The minimum absolute atomic E-state index is 0.0472. The number of rotatable bonds is 2. The largest absolute Gasteiger partial charge is 0.478 e. The van der Waals surface area contributed by atoms with E-state index in [2.05, 4.69) is 0 Å². The summed E-state index contributed by atoms with van der Waals surface area (Å²) in [6.07, 6.45) is -4.62. The zero-order valence-corrected chi connectivity index (χ0v) is 9.90. The Labute approximate surface area is 106 Å². The topological polar surface area (TPSA) is 42.2 Å². The van der Waals surface area contributed by atoms with Crippen molar-refractivity contribution in [1.82, 2.24) is 4.57 Å². The Morgan fingerprint density at radius 3 is 2.26 bits per heavy atom. The maximum Gasteiger partial charge on any atom is 0.431 e. The number of halogens is 3. The average molecular weight is 269 g/mol. The molecule has 0 bridgehead atoms. The average Bonchev–Trinajstić information content (AvgIpc) is 2.68. The first kappa shape index (κ1) is 13.2. The van der Waals surface area contributed by atoms with Crippen LogP contribution in [-0.2, 0) is 6.18 Å². The summed E-state index contributed by atoms with van der Waals surface area (Å²) in [5.74, 6) is -1.38. The lowest BCUT2D eigenvalue weighted by Gasteiger charge is -2.13. The summed E-state index contributed by atoms with van der Waals surface area (Å²) in [7, 11) is 0. The number of carboxylic acids is 1. The number of para-hydroxylation sites is 1. The van der Waals surface area contributed by atoms with Gasteiger partial charge in [-0.2, -0.15) is 13.2 Å². The second-order valence-electron chi connectivity index (χ2n) is 4.00. The molecule has 0 saturated heterocycles. The van der Waals surface area contributed by atoms with E-state index in [4.69, 9.17) is 5.11 Å². The molecule has 6 heteroatoms. The van der Waals surface area contributed by atoms with Gasteiger partial charge in [0.25, 0.3) is 0 Å². The van der Waals surface area contributed by atoms with Crippen molar-refractivity contribution in [3.05, 3.63) is 53.3 Å². The second kappa shape index (κ2) is 4.46. The van der Waals surface area contributed by atoms with Gasteiger partial charge in [0, 0.05) is 11.4 Å². The molecule has 2 rings (SSSR count). The van der Waals surface area contributed by atoms with E-state index in [-0.39, 0.29) is 16.9 Å². The molecule has 0 unspecified atom stereocenters. The summed E-state index contributed by atoms with van der Waals surface area (Å²) in [5.41, 5.74) is -1.02. The molecule has 0 amide bonds. The van der Waals surface area contributed by atoms with E-state index in [1.165, 1.54) is 19.1 Å². The summed E-state index contributed by atoms with van der Waals surface area (Å²) >= 11 is 0. The Morgan fingerprint density at radius 1 is 1.21 bits per heavy atom. The van der Waals surface area contributed by atoms with Crippen molar-refractivity contribution in [3.8, 4) is 5.69 Å². The Balaban J connectivity index is 2.75.